The van der Waals surface area contributed by atoms with E-state index in [0.717, 1.165) is 19.6 Å². The Balaban J connectivity index is 2.65. The van der Waals surface area contributed by atoms with Gasteiger partial charge in [0.1, 0.15) is 0 Å². The molecule has 102 valence electrons. The third-order valence-corrected chi connectivity index (χ3v) is 3.68. The van der Waals surface area contributed by atoms with Gasteiger partial charge < -0.3 is 15.2 Å². The molecule has 0 aromatic heterocycles. The van der Waals surface area contributed by atoms with E-state index in [1.807, 2.05) is 0 Å². The zero-order chi connectivity index (χ0) is 13.1. The van der Waals surface area contributed by atoms with E-state index in [2.05, 4.69) is 32.6 Å². The van der Waals surface area contributed by atoms with E-state index in [1.54, 1.807) is 7.11 Å². The molecule has 1 fully saturated rings. The van der Waals surface area contributed by atoms with Crippen LogP contribution >= 0.6 is 0 Å². The van der Waals surface area contributed by atoms with Crippen molar-refractivity contribution in [3.05, 3.63) is 0 Å². The molecule has 4 heteroatoms. The molecule has 0 aromatic carbocycles. The maximum Gasteiger partial charge on any atom is 0.0674 e. The van der Waals surface area contributed by atoms with E-state index in [4.69, 9.17) is 15.2 Å². The van der Waals surface area contributed by atoms with E-state index in [-0.39, 0.29) is 5.60 Å². The second-order valence-corrected chi connectivity index (χ2v) is 5.75. The third-order valence-electron chi connectivity index (χ3n) is 3.68. The molecule has 1 saturated heterocycles. The Morgan fingerprint density at radius 1 is 1.47 bits per heavy atom. The van der Waals surface area contributed by atoms with Crippen LogP contribution in [0.1, 0.15) is 34.1 Å². The topological polar surface area (TPSA) is 47.7 Å². The van der Waals surface area contributed by atoms with Gasteiger partial charge in [-0.25, -0.2) is 0 Å². The molecule has 3 unspecified atom stereocenters. The van der Waals surface area contributed by atoms with Crippen LogP contribution in [0.2, 0.25) is 0 Å². The second kappa shape index (κ2) is 6.14. The largest absolute Gasteiger partial charge is 0.379 e. The number of hydrogen-bond donors (Lipinski definition) is 1. The van der Waals surface area contributed by atoms with Crippen LogP contribution in [-0.4, -0.2) is 55.5 Å². The Hall–Kier alpha value is -0.160. The lowest BCUT2D eigenvalue weighted by Gasteiger charge is -2.43. The zero-order valence-electron chi connectivity index (χ0n) is 11.9. The van der Waals surface area contributed by atoms with Crippen molar-refractivity contribution in [2.45, 2.75) is 57.9 Å². The molecule has 3 atom stereocenters. The highest BCUT2D eigenvalue weighted by molar-refractivity contribution is 4.87. The number of nitrogens with zero attached hydrogens (tertiary/aromatic N) is 1. The SMILES string of the molecule is COC(C)(C)CC(CN)N1CC(C)OCC1C. The lowest BCUT2D eigenvalue weighted by molar-refractivity contribution is -0.0813. The van der Waals surface area contributed by atoms with Gasteiger partial charge in [0, 0.05) is 32.3 Å². The first kappa shape index (κ1) is 14.9. The Morgan fingerprint density at radius 2 is 2.12 bits per heavy atom. The summed E-state index contributed by atoms with van der Waals surface area (Å²) in [5, 5.41) is 0. The van der Waals surface area contributed by atoms with Crippen molar-refractivity contribution < 1.29 is 9.47 Å². The number of nitrogens with two attached hydrogens (primary N) is 1. The highest BCUT2D eigenvalue weighted by Crippen LogP contribution is 2.22. The molecule has 1 aliphatic rings. The minimum absolute atomic E-state index is 0.120. The molecule has 2 N–H and O–H groups in total. The Bertz CT molecular complexity index is 233. The van der Waals surface area contributed by atoms with Crippen molar-refractivity contribution in [2.24, 2.45) is 5.73 Å². The smallest absolute Gasteiger partial charge is 0.0674 e. The van der Waals surface area contributed by atoms with Crippen molar-refractivity contribution in [2.75, 3.05) is 26.8 Å². The quantitative estimate of drug-likeness (QED) is 0.790. The first-order valence-electron chi connectivity index (χ1n) is 6.52. The lowest BCUT2D eigenvalue weighted by atomic mass is 9.96. The number of ether oxygens (including phenoxy) is 2. The van der Waals surface area contributed by atoms with Gasteiger partial charge in [0.2, 0.25) is 0 Å². The highest BCUT2D eigenvalue weighted by atomic mass is 16.5. The van der Waals surface area contributed by atoms with Gasteiger partial charge in [-0.1, -0.05) is 0 Å². The first-order chi connectivity index (χ1) is 7.89. The van der Waals surface area contributed by atoms with Crippen LogP contribution in [0, 0.1) is 0 Å². The van der Waals surface area contributed by atoms with Gasteiger partial charge in [-0.3, -0.25) is 4.90 Å². The Morgan fingerprint density at radius 3 is 2.65 bits per heavy atom. The molecule has 17 heavy (non-hydrogen) atoms. The zero-order valence-corrected chi connectivity index (χ0v) is 11.9. The summed E-state index contributed by atoms with van der Waals surface area (Å²) in [6.45, 7) is 11.0. The maximum absolute atomic E-state index is 5.94. The van der Waals surface area contributed by atoms with Crippen molar-refractivity contribution >= 4 is 0 Å². The fourth-order valence-electron chi connectivity index (χ4n) is 2.42. The molecule has 1 rings (SSSR count). The van der Waals surface area contributed by atoms with Crippen LogP contribution in [0.4, 0.5) is 0 Å². The van der Waals surface area contributed by atoms with Gasteiger partial charge in [-0.05, 0) is 34.1 Å². The average molecular weight is 244 g/mol. The van der Waals surface area contributed by atoms with Crippen molar-refractivity contribution in [1.82, 2.24) is 4.90 Å². The van der Waals surface area contributed by atoms with Gasteiger partial charge in [0.25, 0.3) is 0 Å². The summed E-state index contributed by atoms with van der Waals surface area (Å²) >= 11 is 0. The van der Waals surface area contributed by atoms with Gasteiger partial charge in [0.15, 0.2) is 0 Å². The summed E-state index contributed by atoms with van der Waals surface area (Å²) in [5.74, 6) is 0. The van der Waals surface area contributed by atoms with Crippen LogP contribution < -0.4 is 5.73 Å². The van der Waals surface area contributed by atoms with Crippen LogP contribution in [0.15, 0.2) is 0 Å². The number of rotatable bonds is 5. The van der Waals surface area contributed by atoms with Crippen LogP contribution in [0.5, 0.6) is 0 Å². The molecule has 0 aromatic rings. The molecule has 0 spiro atoms. The minimum atomic E-state index is -0.120. The summed E-state index contributed by atoms with van der Waals surface area (Å²) in [6.07, 6.45) is 1.25. The van der Waals surface area contributed by atoms with Crippen LogP contribution in [0.25, 0.3) is 0 Å². The van der Waals surface area contributed by atoms with Gasteiger partial charge in [-0.15, -0.1) is 0 Å². The van der Waals surface area contributed by atoms with E-state index < -0.39 is 0 Å². The molecular weight excluding hydrogens is 216 g/mol. The van der Waals surface area contributed by atoms with E-state index >= 15 is 0 Å². The highest BCUT2D eigenvalue weighted by Gasteiger charge is 2.32. The second-order valence-electron chi connectivity index (χ2n) is 5.75. The van der Waals surface area contributed by atoms with Crippen LogP contribution in [-0.2, 0) is 9.47 Å². The van der Waals surface area contributed by atoms with E-state index in [9.17, 15) is 0 Å². The number of hydrogen-bond acceptors (Lipinski definition) is 4. The normalized spacial score (nSPS) is 29.3. The predicted octanol–water partition coefficient (Wildman–Crippen LogP) is 1.24. The summed E-state index contributed by atoms with van der Waals surface area (Å²) in [6, 6.07) is 0.804. The summed E-state index contributed by atoms with van der Waals surface area (Å²) in [7, 11) is 1.76. The summed E-state index contributed by atoms with van der Waals surface area (Å²) in [4.78, 5) is 2.47. The average Bonchev–Trinajstić information content (AvgIpc) is 2.29. The van der Waals surface area contributed by atoms with Crippen LogP contribution in [0.3, 0.4) is 0 Å². The van der Waals surface area contributed by atoms with Crippen molar-refractivity contribution in [3.8, 4) is 0 Å². The molecule has 0 aliphatic carbocycles. The Labute approximate surface area is 105 Å². The van der Waals surface area contributed by atoms with Gasteiger partial charge in [-0.2, -0.15) is 0 Å². The van der Waals surface area contributed by atoms with E-state index in [0.29, 0.717) is 24.7 Å². The maximum atomic E-state index is 5.94. The molecule has 0 bridgehead atoms. The number of methoxy groups -OCH3 is 1. The summed E-state index contributed by atoms with van der Waals surface area (Å²) in [5.41, 5.74) is 5.82. The molecule has 0 amide bonds. The van der Waals surface area contributed by atoms with Gasteiger partial charge in [0.05, 0.1) is 18.3 Å². The minimum Gasteiger partial charge on any atom is -0.379 e. The molecule has 4 nitrogen and oxygen atoms in total. The third kappa shape index (κ3) is 4.21. The first-order valence-corrected chi connectivity index (χ1v) is 6.52. The molecule has 0 saturated carbocycles. The molecule has 1 heterocycles. The molecular formula is C13H28N2O2. The van der Waals surface area contributed by atoms with E-state index in [1.165, 1.54) is 0 Å². The molecule has 0 radical (unpaired) electrons. The summed E-state index contributed by atoms with van der Waals surface area (Å²) < 4.78 is 11.2. The monoisotopic (exact) mass is 244 g/mol. The number of morpholine rings is 1. The van der Waals surface area contributed by atoms with Gasteiger partial charge >= 0.3 is 0 Å². The Kier molecular flexibility index (Phi) is 5.38. The van der Waals surface area contributed by atoms with Crippen molar-refractivity contribution in [3.63, 3.8) is 0 Å². The predicted molar refractivity (Wildman–Crippen MR) is 70.1 cm³/mol. The molecule has 1 aliphatic heterocycles. The fraction of sp³-hybridized carbons (Fsp3) is 1.00. The fourth-order valence-corrected chi connectivity index (χ4v) is 2.42. The van der Waals surface area contributed by atoms with Crippen molar-refractivity contribution in [1.29, 1.82) is 0 Å². The standard InChI is InChI=1S/C13H28N2O2/c1-10-9-17-11(2)8-15(10)12(7-14)6-13(3,4)16-5/h10-12H,6-9,14H2,1-5H3. The lowest BCUT2D eigenvalue weighted by Crippen LogP contribution is -2.56.